The van der Waals surface area contributed by atoms with E-state index in [9.17, 15) is 0 Å². The molecule has 0 bridgehead atoms. The Bertz CT molecular complexity index is 1790. The fraction of sp³-hybridized carbons (Fsp3) is 0.364. The van der Waals surface area contributed by atoms with Crippen LogP contribution in [-0.2, 0) is 23.8 Å². The van der Waals surface area contributed by atoms with Crippen molar-refractivity contribution in [2.24, 2.45) is 12.8 Å². The Kier molecular flexibility index (Phi) is 8.40. The summed E-state index contributed by atoms with van der Waals surface area (Å²) in [6, 6.07) is 12.6. The maximum atomic E-state index is 6.46. The molecule has 0 radical (unpaired) electrons. The summed E-state index contributed by atoms with van der Waals surface area (Å²) in [6.45, 7) is 7.20. The van der Waals surface area contributed by atoms with E-state index >= 15 is 0 Å². The minimum Gasteiger partial charge on any atom is -0.491 e. The second-order valence-corrected chi connectivity index (χ2v) is 12.1. The molecule has 3 N–H and O–H groups in total. The van der Waals surface area contributed by atoms with Crippen molar-refractivity contribution in [3.05, 3.63) is 84.3 Å². The Morgan fingerprint density at radius 2 is 1.93 bits per heavy atom. The molecule has 4 heterocycles. The van der Waals surface area contributed by atoms with Gasteiger partial charge in [-0.3, -0.25) is 9.67 Å². The predicted molar refractivity (Wildman–Crippen MR) is 172 cm³/mol. The van der Waals surface area contributed by atoms with Crippen molar-refractivity contribution >= 4 is 28.7 Å². The van der Waals surface area contributed by atoms with E-state index in [0.717, 1.165) is 25.0 Å². The van der Waals surface area contributed by atoms with E-state index in [2.05, 4.69) is 63.9 Å². The van der Waals surface area contributed by atoms with E-state index < -0.39 is 0 Å². The van der Waals surface area contributed by atoms with Crippen molar-refractivity contribution < 1.29 is 14.2 Å². The molecule has 0 saturated heterocycles. The van der Waals surface area contributed by atoms with Gasteiger partial charge in [0.15, 0.2) is 28.7 Å². The number of nitrogens with zero attached hydrogens (tertiary/aromatic N) is 7. The molecule has 12 nitrogen and oxygen atoms in total. The summed E-state index contributed by atoms with van der Waals surface area (Å²) in [6.07, 6.45) is 10.8. The standard InChI is InChI=1S/C33H39N9O3/c1-33(2,3)27-16-28(40-42(27)23-12-9-13-24(23)44-20-21-10-7-6-8-11-21)38-32-39-31-29(41(32)4)30(43-5)26(19-37-31)45-25(17-34)22-18-35-14-15-36-22/h6-8,10-11,14-19,23-24H,9,12-13,20,34H2,1-5H3,(H,37,38,39,40)/t23-,24+/m0/s1. The van der Waals surface area contributed by atoms with Gasteiger partial charge in [0.1, 0.15) is 11.2 Å². The van der Waals surface area contributed by atoms with Crippen LogP contribution in [0, 0.1) is 0 Å². The van der Waals surface area contributed by atoms with Gasteiger partial charge in [0.05, 0.1) is 38.3 Å². The number of aromatic nitrogens is 7. The minimum absolute atomic E-state index is 0.0796. The first kappa shape index (κ1) is 30.1. The van der Waals surface area contributed by atoms with Crippen LogP contribution in [-0.4, -0.2) is 47.5 Å². The van der Waals surface area contributed by atoms with E-state index in [4.69, 9.17) is 30.0 Å². The molecule has 5 aromatic rings. The molecule has 0 unspecified atom stereocenters. The van der Waals surface area contributed by atoms with Gasteiger partial charge in [0.25, 0.3) is 0 Å². The molecule has 45 heavy (non-hydrogen) atoms. The SMILES string of the molecule is COc1c(OC(=CN)c2cnccn2)cnc2nc(Nc3cc(C(C)(C)C)n([C@H]4CCC[C@H]4OCc4ccccc4)n3)n(C)c12. The van der Waals surface area contributed by atoms with Crippen LogP contribution in [0.25, 0.3) is 16.9 Å². The van der Waals surface area contributed by atoms with Crippen molar-refractivity contribution in [2.45, 2.75) is 64.2 Å². The lowest BCUT2D eigenvalue weighted by molar-refractivity contribution is 0.0154. The number of benzene rings is 1. The number of ether oxygens (including phenoxy) is 3. The van der Waals surface area contributed by atoms with Crippen LogP contribution in [0.4, 0.5) is 11.8 Å². The molecule has 6 rings (SSSR count). The molecular weight excluding hydrogens is 570 g/mol. The molecule has 0 spiro atoms. The summed E-state index contributed by atoms with van der Waals surface area (Å²) in [5.41, 5.74) is 9.63. The Labute approximate surface area is 262 Å². The second kappa shape index (κ2) is 12.6. The third kappa shape index (κ3) is 6.18. The zero-order valence-electron chi connectivity index (χ0n) is 26.3. The first-order chi connectivity index (χ1) is 21.8. The number of nitrogens with one attached hydrogen (secondary N) is 1. The highest BCUT2D eigenvalue weighted by atomic mass is 16.5. The molecule has 1 aromatic carbocycles. The summed E-state index contributed by atoms with van der Waals surface area (Å²) in [5.74, 6) is 2.39. The minimum atomic E-state index is -0.139. The lowest BCUT2D eigenvalue weighted by atomic mass is 9.91. The molecule has 0 aliphatic heterocycles. The van der Waals surface area contributed by atoms with Gasteiger partial charge in [-0.1, -0.05) is 51.1 Å². The number of hydrogen-bond donors (Lipinski definition) is 2. The van der Waals surface area contributed by atoms with Crippen LogP contribution >= 0.6 is 0 Å². The van der Waals surface area contributed by atoms with Crippen LogP contribution in [0.15, 0.2) is 67.4 Å². The third-order valence-electron chi connectivity index (χ3n) is 7.99. The van der Waals surface area contributed by atoms with Crippen LogP contribution in [0.5, 0.6) is 11.5 Å². The van der Waals surface area contributed by atoms with E-state index in [0.29, 0.717) is 52.5 Å². The monoisotopic (exact) mass is 609 g/mol. The second-order valence-electron chi connectivity index (χ2n) is 12.1. The topological polar surface area (TPSA) is 140 Å². The van der Waals surface area contributed by atoms with Crippen LogP contribution < -0.4 is 20.5 Å². The maximum Gasteiger partial charge on any atom is 0.211 e. The summed E-state index contributed by atoms with van der Waals surface area (Å²) >= 11 is 0. The third-order valence-corrected chi connectivity index (χ3v) is 7.99. The van der Waals surface area contributed by atoms with Crippen LogP contribution in [0.2, 0.25) is 0 Å². The Hall–Kier alpha value is -4.97. The normalized spacial score (nSPS) is 17.1. The Balaban J connectivity index is 1.29. The van der Waals surface area contributed by atoms with E-state index in [1.165, 1.54) is 11.8 Å². The number of anilines is 2. The van der Waals surface area contributed by atoms with Crippen molar-refractivity contribution in [3.63, 3.8) is 0 Å². The molecule has 0 amide bonds. The smallest absolute Gasteiger partial charge is 0.211 e. The molecule has 234 valence electrons. The predicted octanol–water partition coefficient (Wildman–Crippen LogP) is 5.65. The molecular formula is C33H39N9O3. The van der Waals surface area contributed by atoms with Crippen molar-refractivity contribution in [3.8, 4) is 11.5 Å². The molecule has 1 aliphatic carbocycles. The number of aryl methyl sites for hydroxylation is 1. The summed E-state index contributed by atoms with van der Waals surface area (Å²) in [5, 5.41) is 8.51. The number of pyridine rings is 1. The van der Waals surface area contributed by atoms with Gasteiger partial charge in [-0.2, -0.15) is 10.1 Å². The Morgan fingerprint density at radius 1 is 1.11 bits per heavy atom. The van der Waals surface area contributed by atoms with Gasteiger partial charge < -0.3 is 29.8 Å². The highest BCUT2D eigenvalue weighted by molar-refractivity contribution is 5.85. The van der Waals surface area contributed by atoms with E-state index in [1.54, 1.807) is 31.9 Å². The molecule has 1 aliphatic rings. The molecule has 1 saturated carbocycles. The fourth-order valence-electron chi connectivity index (χ4n) is 5.76. The largest absolute Gasteiger partial charge is 0.491 e. The maximum absolute atomic E-state index is 6.46. The molecule has 2 atom stereocenters. The van der Waals surface area contributed by atoms with Crippen LogP contribution in [0.1, 0.15) is 63.0 Å². The highest BCUT2D eigenvalue weighted by Gasteiger charge is 2.34. The first-order valence-electron chi connectivity index (χ1n) is 15.0. The van der Waals surface area contributed by atoms with Gasteiger partial charge in [-0.15, -0.1) is 0 Å². The number of nitrogens with two attached hydrogens (primary N) is 1. The van der Waals surface area contributed by atoms with Gasteiger partial charge in [-0.05, 0) is 24.8 Å². The molecule has 4 aromatic heterocycles. The number of rotatable bonds is 10. The van der Waals surface area contributed by atoms with Crippen molar-refractivity contribution in [2.75, 3.05) is 12.4 Å². The van der Waals surface area contributed by atoms with Gasteiger partial charge in [0, 0.05) is 42.8 Å². The number of fused-ring (bicyclic) bond motifs is 1. The summed E-state index contributed by atoms with van der Waals surface area (Å²) in [4.78, 5) is 17.7. The van der Waals surface area contributed by atoms with Crippen molar-refractivity contribution in [1.82, 2.24) is 34.3 Å². The number of imidazole rings is 1. The first-order valence-corrected chi connectivity index (χ1v) is 15.0. The average Bonchev–Trinajstić information content (AvgIpc) is 3.77. The quantitative estimate of drug-likeness (QED) is 0.191. The van der Waals surface area contributed by atoms with Gasteiger partial charge in [-0.25, -0.2) is 9.97 Å². The fourth-order valence-corrected chi connectivity index (χ4v) is 5.76. The number of hydrogen-bond acceptors (Lipinski definition) is 10. The number of methoxy groups -OCH3 is 1. The average molecular weight is 610 g/mol. The highest BCUT2D eigenvalue weighted by Crippen LogP contribution is 2.39. The zero-order chi connectivity index (χ0) is 31.6. The van der Waals surface area contributed by atoms with Crippen molar-refractivity contribution in [1.29, 1.82) is 0 Å². The van der Waals surface area contributed by atoms with E-state index in [1.807, 2.05) is 29.8 Å². The lowest BCUT2D eigenvalue weighted by Gasteiger charge is -2.27. The molecule has 12 heteroatoms. The zero-order valence-corrected chi connectivity index (χ0v) is 26.3. The van der Waals surface area contributed by atoms with Gasteiger partial charge >= 0.3 is 0 Å². The van der Waals surface area contributed by atoms with Crippen LogP contribution in [0.3, 0.4) is 0 Å². The van der Waals surface area contributed by atoms with Gasteiger partial charge in [0.2, 0.25) is 5.95 Å². The lowest BCUT2D eigenvalue weighted by Crippen LogP contribution is -2.28. The van der Waals surface area contributed by atoms with E-state index in [-0.39, 0.29) is 17.6 Å². The molecule has 1 fully saturated rings. The summed E-state index contributed by atoms with van der Waals surface area (Å²) < 4.78 is 22.4. The summed E-state index contributed by atoms with van der Waals surface area (Å²) in [7, 11) is 3.46. The Morgan fingerprint density at radius 3 is 2.64 bits per heavy atom.